The molecule has 2 rings (SSSR count). The lowest BCUT2D eigenvalue weighted by Crippen LogP contribution is -2.59. The van der Waals surface area contributed by atoms with Gasteiger partial charge in [0.1, 0.15) is 6.10 Å². The van der Waals surface area contributed by atoms with Crippen LogP contribution in [0.5, 0.6) is 0 Å². The third kappa shape index (κ3) is 2.23. The first-order valence-corrected chi connectivity index (χ1v) is 6.05. The van der Waals surface area contributed by atoms with Gasteiger partial charge in [-0.3, -0.25) is 4.79 Å². The zero-order chi connectivity index (χ0) is 11.8. The second-order valence-corrected chi connectivity index (χ2v) is 5.38. The third-order valence-electron chi connectivity index (χ3n) is 3.36. The monoisotopic (exact) mass is 227 g/mol. The van der Waals surface area contributed by atoms with Gasteiger partial charge in [-0.2, -0.15) is 0 Å². The molecule has 4 heteroatoms. The number of morpholine rings is 1. The molecule has 92 valence electrons. The van der Waals surface area contributed by atoms with Gasteiger partial charge in [-0.25, -0.2) is 0 Å². The van der Waals surface area contributed by atoms with Crippen LogP contribution in [-0.2, 0) is 14.3 Å². The van der Waals surface area contributed by atoms with Gasteiger partial charge >= 0.3 is 0 Å². The molecule has 0 saturated carbocycles. The van der Waals surface area contributed by atoms with E-state index in [2.05, 4.69) is 0 Å². The number of hydrogen-bond donors (Lipinski definition) is 0. The Morgan fingerprint density at radius 3 is 2.75 bits per heavy atom. The van der Waals surface area contributed by atoms with Gasteiger partial charge in [0.25, 0.3) is 5.91 Å². The molecule has 2 saturated heterocycles. The summed E-state index contributed by atoms with van der Waals surface area (Å²) >= 11 is 0. The lowest BCUT2D eigenvalue weighted by Gasteiger charge is -2.45. The van der Waals surface area contributed by atoms with Crippen LogP contribution in [0.3, 0.4) is 0 Å². The molecule has 0 radical (unpaired) electrons. The Labute approximate surface area is 96.9 Å². The Bertz CT molecular complexity index is 271. The minimum Gasteiger partial charge on any atom is -0.374 e. The predicted molar refractivity (Wildman–Crippen MR) is 60.2 cm³/mol. The smallest absolute Gasteiger partial charge is 0.252 e. The maximum Gasteiger partial charge on any atom is 0.252 e. The Balaban J connectivity index is 2.07. The summed E-state index contributed by atoms with van der Waals surface area (Å²) in [6.45, 7) is 8.09. The zero-order valence-electron chi connectivity index (χ0n) is 10.4. The number of amides is 1. The molecule has 1 amide bonds. The number of carbonyl (C=O) groups excluding carboxylic acids is 1. The van der Waals surface area contributed by atoms with Crippen molar-refractivity contribution in [2.75, 3.05) is 19.8 Å². The number of nitrogens with zero attached hydrogens (tertiary/aromatic N) is 1. The molecule has 0 aliphatic carbocycles. The summed E-state index contributed by atoms with van der Waals surface area (Å²) in [6, 6.07) is 0. The van der Waals surface area contributed by atoms with Gasteiger partial charge in [0.15, 0.2) is 0 Å². The minimum atomic E-state index is -0.218. The first-order chi connectivity index (χ1) is 7.50. The van der Waals surface area contributed by atoms with E-state index in [4.69, 9.17) is 9.47 Å². The van der Waals surface area contributed by atoms with E-state index >= 15 is 0 Å². The molecular weight excluding hydrogens is 206 g/mol. The molecule has 2 fully saturated rings. The summed E-state index contributed by atoms with van der Waals surface area (Å²) in [5.41, 5.74) is -0.213. The average molecular weight is 227 g/mol. The van der Waals surface area contributed by atoms with Gasteiger partial charge in [-0.15, -0.1) is 0 Å². The quantitative estimate of drug-likeness (QED) is 0.675. The second-order valence-electron chi connectivity index (χ2n) is 5.38. The Hall–Kier alpha value is -0.610. The second kappa shape index (κ2) is 4.34. The lowest BCUT2D eigenvalue weighted by atomic mass is 9.99. The molecule has 0 aromatic rings. The molecule has 4 nitrogen and oxygen atoms in total. The predicted octanol–water partition coefficient (Wildman–Crippen LogP) is 1.19. The first-order valence-electron chi connectivity index (χ1n) is 6.05. The molecule has 0 aromatic carbocycles. The number of carbonyl (C=O) groups is 1. The van der Waals surface area contributed by atoms with Crippen LogP contribution >= 0.6 is 0 Å². The number of ether oxygens (including phenoxy) is 2. The lowest BCUT2D eigenvalue weighted by molar-refractivity contribution is -0.162. The van der Waals surface area contributed by atoms with Crippen LogP contribution in [0.1, 0.15) is 33.6 Å². The van der Waals surface area contributed by atoms with E-state index in [-0.39, 0.29) is 23.7 Å². The molecule has 0 unspecified atom stereocenters. The van der Waals surface area contributed by atoms with Crippen molar-refractivity contribution in [1.82, 2.24) is 4.90 Å². The van der Waals surface area contributed by atoms with E-state index in [1.807, 2.05) is 25.7 Å². The van der Waals surface area contributed by atoms with Crippen molar-refractivity contribution in [3.05, 3.63) is 0 Å². The molecule has 2 heterocycles. The highest BCUT2D eigenvalue weighted by Crippen LogP contribution is 2.25. The topological polar surface area (TPSA) is 38.8 Å². The number of hydrogen-bond acceptors (Lipinski definition) is 3. The molecule has 0 bridgehead atoms. The molecule has 0 aromatic heterocycles. The Morgan fingerprint density at radius 2 is 2.12 bits per heavy atom. The summed E-state index contributed by atoms with van der Waals surface area (Å²) in [6.07, 6.45) is 1.76. The van der Waals surface area contributed by atoms with Gasteiger partial charge in [0.2, 0.25) is 0 Å². The van der Waals surface area contributed by atoms with E-state index in [1.165, 1.54) is 0 Å². The van der Waals surface area contributed by atoms with Crippen LogP contribution < -0.4 is 0 Å². The van der Waals surface area contributed by atoms with Crippen LogP contribution in [0, 0.1) is 0 Å². The van der Waals surface area contributed by atoms with Crippen LogP contribution in [0.2, 0.25) is 0 Å². The molecule has 2 aliphatic rings. The third-order valence-corrected chi connectivity index (χ3v) is 3.36. The molecule has 0 N–H and O–H groups in total. The maximum absolute atomic E-state index is 12.3. The van der Waals surface area contributed by atoms with E-state index in [9.17, 15) is 4.79 Å². The fourth-order valence-electron chi connectivity index (χ4n) is 2.32. The van der Waals surface area contributed by atoms with E-state index < -0.39 is 0 Å². The van der Waals surface area contributed by atoms with Gasteiger partial charge in [-0.05, 0) is 33.6 Å². The van der Waals surface area contributed by atoms with Crippen molar-refractivity contribution in [1.29, 1.82) is 0 Å². The standard InChI is InChI=1S/C12H21NO3/c1-9-7-13(12(2,3)8-16-9)11(14)10-5-4-6-15-10/h9-10H,4-8H2,1-3H3/t9-,10-/m1/s1. The Kier molecular flexibility index (Phi) is 3.22. The van der Waals surface area contributed by atoms with E-state index in [0.717, 1.165) is 19.4 Å². The van der Waals surface area contributed by atoms with E-state index in [0.29, 0.717) is 13.2 Å². The highest BCUT2D eigenvalue weighted by atomic mass is 16.5. The fraction of sp³-hybridized carbons (Fsp3) is 0.917. The van der Waals surface area contributed by atoms with Crippen molar-refractivity contribution >= 4 is 5.91 Å². The van der Waals surface area contributed by atoms with Crippen molar-refractivity contribution in [3.63, 3.8) is 0 Å². The van der Waals surface area contributed by atoms with Gasteiger partial charge < -0.3 is 14.4 Å². The molecule has 2 atom stereocenters. The Morgan fingerprint density at radius 1 is 1.38 bits per heavy atom. The van der Waals surface area contributed by atoms with Crippen molar-refractivity contribution in [3.8, 4) is 0 Å². The molecule has 0 spiro atoms. The summed E-state index contributed by atoms with van der Waals surface area (Å²) in [7, 11) is 0. The summed E-state index contributed by atoms with van der Waals surface area (Å²) < 4.78 is 11.1. The van der Waals surface area contributed by atoms with Crippen LogP contribution in [0.15, 0.2) is 0 Å². The highest BCUT2D eigenvalue weighted by molar-refractivity contribution is 5.82. The fourth-order valence-corrected chi connectivity index (χ4v) is 2.32. The SMILES string of the molecule is C[C@@H]1CN(C(=O)[C@H]2CCCO2)C(C)(C)CO1. The van der Waals surface area contributed by atoms with Crippen molar-refractivity contribution < 1.29 is 14.3 Å². The highest BCUT2D eigenvalue weighted by Gasteiger charge is 2.40. The summed E-state index contributed by atoms with van der Waals surface area (Å²) in [4.78, 5) is 14.2. The normalized spacial score (nSPS) is 34.1. The van der Waals surface area contributed by atoms with Crippen molar-refractivity contribution in [2.24, 2.45) is 0 Å². The van der Waals surface area contributed by atoms with Crippen LogP contribution in [0.4, 0.5) is 0 Å². The van der Waals surface area contributed by atoms with Crippen LogP contribution in [-0.4, -0.2) is 48.3 Å². The zero-order valence-corrected chi connectivity index (χ0v) is 10.4. The average Bonchev–Trinajstić information content (AvgIpc) is 2.74. The van der Waals surface area contributed by atoms with Gasteiger partial charge in [0.05, 0.1) is 18.2 Å². The van der Waals surface area contributed by atoms with Gasteiger partial charge in [-0.1, -0.05) is 0 Å². The minimum absolute atomic E-state index is 0.123. The van der Waals surface area contributed by atoms with E-state index in [1.54, 1.807) is 0 Å². The first kappa shape index (κ1) is 11.9. The molecule has 16 heavy (non-hydrogen) atoms. The summed E-state index contributed by atoms with van der Waals surface area (Å²) in [5, 5.41) is 0. The maximum atomic E-state index is 12.3. The summed E-state index contributed by atoms with van der Waals surface area (Å²) in [5.74, 6) is 0.137. The number of rotatable bonds is 1. The largest absolute Gasteiger partial charge is 0.374 e. The molecule has 2 aliphatic heterocycles. The van der Waals surface area contributed by atoms with Crippen molar-refractivity contribution in [2.45, 2.75) is 51.4 Å². The van der Waals surface area contributed by atoms with Gasteiger partial charge in [0, 0.05) is 13.2 Å². The molecular formula is C12H21NO3. The van der Waals surface area contributed by atoms with Crippen LogP contribution in [0.25, 0.3) is 0 Å².